The minimum Gasteiger partial charge on any atom is -0.492 e. The lowest BCUT2D eigenvalue weighted by Crippen LogP contribution is -2.67. The van der Waals surface area contributed by atoms with E-state index in [9.17, 15) is 39.5 Å². The maximum atomic E-state index is 13.2. The number of likely N-dealkylation sites (N-methyl/N-ethyl adjacent to an activating group) is 1. The molecular formula is C42H64F9NO5S2. The van der Waals surface area contributed by atoms with Crippen molar-refractivity contribution >= 4 is 21.6 Å². The van der Waals surface area contributed by atoms with E-state index in [-0.39, 0.29) is 18.1 Å². The SMILES string of the molecule is COCC(CCCCCCSSCCCN(C)CCOc1ccc2c(c1)CCC1C2CCC2(C)C(OCCCOC(C(F)(F)F)(C(F)(F)F)C(F)(F)F)CCC12)COC. The molecule has 3 aliphatic rings. The highest BCUT2D eigenvalue weighted by Gasteiger charge is 2.85. The average Bonchev–Trinajstić information content (AvgIpc) is 3.49. The first-order valence-corrected chi connectivity index (χ1v) is 23.5. The zero-order valence-corrected chi connectivity index (χ0v) is 36.5. The minimum absolute atomic E-state index is 0.251. The van der Waals surface area contributed by atoms with E-state index < -0.39 is 37.2 Å². The fourth-order valence-electron chi connectivity index (χ4n) is 9.69. The third kappa shape index (κ3) is 13.2. The van der Waals surface area contributed by atoms with Crippen LogP contribution in [-0.2, 0) is 25.4 Å². The second kappa shape index (κ2) is 23.0. The molecule has 2 saturated carbocycles. The van der Waals surface area contributed by atoms with Gasteiger partial charge < -0.3 is 28.6 Å². The molecule has 17 heteroatoms. The molecule has 4 rings (SSSR count). The monoisotopic (exact) mass is 897 g/mol. The number of hydrogen-bond acceptors (Lipinski definition) is 8. The van der Waals surface area contributed by atoms with Crippen molar-refractivity contribution in [1.82, 2.24) is 4.90 Å². The molecule has 5 unspecified atom stereocenters. The maximum absolute atomic E-state index is 13.2. The average molecular weight is 898 g/mol. The summed E-state index contributed by atoms with van der Waals surface area (Å²) in [7, 11) is 9.54. The summed E-state index contributed by atoms with van der Waals surface area (Å²) in [4.78, 5) is 2.31. The van der Waals surface area contributed by atoms with Gasteiger partial charge in [-0.15, -0.1) is 0 Å². The predicted octanol–water partition coefficient (Wildman–Crippen LogP) is 11.7. The van der Waals surface area contributed by atoms with Crippen LogP contribution in [0.2, 0.25) is 0 Å². The number of rotatable bonds is 26. The van der Waals surface area contributed by atoms with Crippen LogP contribution in [0.4, 0.5) is 39.5 Å². The summed E-state index contributed by atoms with van der Waals surface area (Å²) in [6.07, 6.45) is -8.61. The van der Waals surface area contributed by atoms with Crippen LogP contribution >= 0.6 is 21.6 Å². The van der Waals surface area contributed by atoms with Gasteiger partial charge >= 0.3 is 24.1 Å². The number of benzene rings is 1. The number of ether oxygens (including phenoxy) is 5. The molecule has 5 atom stereocenters. The Morgan fingerprint density at radius 3 is 2.08 bits per heavy atom. The zero-order chi connectivity index (χ0) is 43.3. The molecule has 59 heavy (non-hydrogen) atoms. The largest absolute Gasteiger partial charge is 0.492 e. The molecule has 0 heterocycles. The fraction of sp³-hybridized carbons (Fsp3) is 0.857. The van der Waals surface area contributed by atoms with Crippen molar-refractivity contribution in [1.29, 1.82) is 0 Å². The van der Waals surface area contributed by atoms with Crippen molar-refractivity contribution in [2.45, 2.75) is 127 Å². The first-order valence-electron chi connectivity index (χ1n) is 21.0. The van der Waals surface area contributed by atoms with Crippen LogP contribution in [0.25, 0.3) is 0 Å². The smallest absolute Gasteiger partial charge is 0.435 e. The van der Waals surface area contributed by atoms with Gasteiger partial charge in [-0.05, 0) is 124 Å². The van der Waals surface area contributed by atoms with E-state index in [2.05, 4.69) is 41.8 Å². The lowest BCUT2D eigenvalue weighted by molar-refractivity contribution is -0.457. The van der Waals surface area contributed by atoms with E-state index in [0.717, 1.165) is 82.8 Å². The summed E-state index contributed by atoms with van der Waals surface area (Å²) in [5.41, 5.74) is -3.87. The van der Waals surface area contributed by atoms with Gasteiger partial charge in [0.05, 0.1) is 25.9 Å². The highest BCUT2D eigenvalue weighted by Crippen LogP contribution is 2.62. The Morgan fingerprint density at radius 2 is 1.42 bits per heavy atom. The molecule has 6 nitrogen and oxygen atoms in total. The van der Waals surface area contributed by atoms with Crippen LogP contribution in [0.5, 0.6) is 5.75 Å². The van der Waals surface area contributed by atoms with E-state index in [1.807, 2.05) is 21.6 Å². The number of fused-ring (bicyclic) bond motifs is 5. The molecule has 1 aromatic rings. The van der Waals surface area contributed by atoms with Crippen LogP contribution in [0, 0.1) is 23.2 Å². The van der Waals surface area contributed by atoms with E-state index in [1.54, 1.807) is 14.2 Å². The van der Waals surface area contributed by atoms with Crippen molar-refractivity contribution in [3.8, 4) is 5.75 Å². The lowest BCUT2D eigenvalue weighted by atomic mass is 9.55. The lowest BCUT2D eigenvalue weighted by Gasteiger charge is -2.50. The number of halogens is 9. The summed E-state index contributed by atoms with van der Waals surface area (Å²) in [6.45, 7) is 4.38. The van der Waals surface area contributed by atoms with Crippen LogP contribution < -0.4 is 4.74 Å². The summed E-state index contributed by atoms with van der Waals surface area (Å²) in [5.74, 6) is 4.75. The Balaban J connectivity index is 1.12. The fourth-order valence-corrected chi connectivity index (χ4v) is 11.9. The van der Waals surface area contributed by atoms with Gasteiger partial charge in [-0.2, -0.15) is 39.5 Å². The normalized spacial score (nSPS) is 23.8. The second-order valence-corrected chi connectivity index (χ2v) is 19.5. The van der Waals surface area contributed by atoms with Crippen molar-refractivity contribution in [2.75, 3.05) is 78.9 Å². The molecule has 0 N–H and O–H groups in total. The van der Waals surface area contributed by atoms with Gasteiger partial charge in [0.25, 0.3) is 0 Å². The predicted molar refractivity (Wildman–Crippen MR) is 215 cm³/mol. The Hall–Kier alpha value is -1.11. The molecule has 3 aliphatic carbocycles. The Kier molecular flexibility index (Phi) is 19.7. The van der Waals surface area contributed by atoms with Gasteiger partial charge in [0.2, 0.25) is 0 Å². The molecule has 0 spiro atoms. The highest BCUT2D eigenvalue weighted by molar-refractivity contribution is 8.76. The van der Waals surface area contributed by atoms with Gasteiger partial charge in [0.15, 0.2) is 0 Å². The van der Waals surface area contributed by atoms with Crippen molar-refractivity contribution in [3.63, 3.8) is 0 Å². The number of nitrogens with zero attached hydrogens (tertiary/aromatic N) is 1. The van der Waals surface area contributed by atoms with E-state index in [0.29, 0.717) is 36.7 Å². The minimum atomic E-state index is -6.74. The van der Waals surface area contributed by atoms with Gasteiger partial charge in [-0.3, -0.25) is 0 Å². The molecule has 342 valence electrons. The summed E-state index contributed by atoms with van der Waals surface area (Å²) < 4.78 is 145. The highest BCUT2D eigenvalue weighted by atomic mass is 33.1. The topological polar surface area (TPSA) is 49.4 Å². The zero-order valence-electron chi connectivity index (χ0n) is 34.9. The second-order valence-electron chi connectivity index (χ2n) is 16.8. The molecule has 0 amide bonds. The van der Waals surface area contributed by atoms with Crippen LogP contribution in [0.3, 0.4) is 0 Å². The van der Waals surface area contributed by atoms with Gasteiger partial charge in [0, 0.05) is 44.8 Å². The first-order chi connectivity index (χ1) is 27.9. The maximum Gasteiger partial charge on any atom is 0.435 e. The molecule has 0 aliphatic heterocycles. The van der Waals surface area contributed by atoms with Gasteiger partial charge in [-0.1, -0.05) is 53.8 Å². The number of hydrogen-bond donors (Lipinski definition) is 0. The molecule has 1 aromatic carbocycles. The third-order valence-corrected chi connectivity index (χ3v) is 15.3. The number of unbranched alkanes of at least 4 members (excludes halogenated alkanes) is 3. The Labute approximate surface area is 352 Å². The Morgan fingerprint density at radius 1 is 0.763 bits per heavy atom. The number of methoxy groups -OCH3 is 2. The molecule has 0 radical (unpaired) electrons. The Bertz CT molecular complexity index is 1350. The number of aryl methyl sites for hydroxylation is 1. The molecule has 0 aromatic heterocycles. The number of alkyl halides is 9. The van der Waals surface area contributed by atoms with Crippen molar-refractivity contribution in [3.05, 3.63) is 29.3 Å². The summed E-state index contributed by atoms with van der Waals surface area (Å²) in [5, 5.41) is 0. The van der Waals surface area contributed by atoms with E-state index in [4.69, 9.17) is 18.9 Å². The molecular weight excluding hydrogens is 834 g/mol. The van der Waals surface area contributed by atoms with Gasteiger partial charge in [-0.25, -0.2) is 0 Å². The molecule has 0 saturated heterocycles. The third-order valence-electron chi connectivity index (χ3n) is 12.7. The standard InChI is InChI=1S/C42H64F9NO5S2/c1-38-19-18-34-33-15-13-32(55-24-21-52(2)20-9-26-59-58-25-8-6-5-7-11-30(28-53-3)29-54-4)27-31(33)12-14-35(34)36(38)16-17-37(38)56-22-10-23-57-39(40(43,44)45,41(46,47)48)42(49,50)51/h13,15,27,30,34-37H,5-12,14,16-26,28-29H2,1-4H3. The van der Waals surface area contributed by atoms with Gasteiger partial charge in [0.1, 0.15) is 12.4 Å². The summed E-state index contributed by atoms with van der Waals surface area (Å²) >= 11 is 0. The molecule has 0 bridgehead atoms. The van der Waals surface area contributed by atoms with Crippen LogP contribution in [0.15, 0.2) is 18.2 Å². The van der Waals surface area contributed by atoms with Crippen LogP contribution in [-0.4, -0.2) is 114 Å². The van der Waals surface area contributed by atoms with Crippen LogP contribution in [0.1, 0.15) is 101 Å². The molecule has 2 fully saturated rings. The summed E-state index contributed by atoms with van der Waals surface area (Å²) in [6, 6.07) is 6.41. The van der Waals surface area contributed by atoms with Crippen molar-refractivity contribution < 1.29 is 63.2 Å². The van der Waals surface area contributed by atoms with Crippen molar-refractivity contribution in [2.24, 2.45) is 23.2 Å². The van der Waals surface area contributed by atoms with E-state index in [1.165, 1.54) is 42.6 Å². The van der Waals surface area contributed by atoms with E-state index >= 15 is 0 Å². The quantitative estimate of drug-likeness (QED) is 0.0518. The first kappa shape index (κ1) is 50.5.